The number of aliphatic hydroxyl groups is 2. The lowest BCUT2D eigenvalue weighted by Crippen LogP contribution is -2.45. The standard InChI is InChI=1S/C30H37ClFN5O5Si/c1-18-27(43(3,4)32)26(11-13-36-17-23(12-14-38)34-35-36)42-30(18)24-15-21(31)7-10-25(24)37(29(30)41)16-20-5-8-22(9-6-20)33-28(40)19(2)39/h5-10,15,17-19,26-27,38-39H,11-14,16H2,1-4H3,(H,33,40)/t18-,19+,26+,27-,30+/m1/s1. The summed E-state index contributed by atoms with van der Waals surface area (Å²) in [6.07, 6.45) is 0.908. The van der Waals surface area contributed by atoms with Crippen LogP contribution in [0.15, 0.2) is 48.7 Å². The fourth-order valence-corrected chi connectivity index (χ4v) is 9.22. The molecule has 5 atom stereocenters. The summed E-state index contributed by atoms with van der Waals surface area (Å²) in [7, 11) is -3.34. The van der Waals surface area contributed by atoms with E-state index in [-0.39, 0.29) is 19.1 Å². The third kappa shape index (κ3) is 5.98. The molecule has 230 valence electrons. The Bertz CT molecular complexity index is 1500. The molecule has 2 aliphatic heterocycles. The van der Waals surface area contributed by atoms with Gasteiger partial charge in [0, 0.05) is 53.5 Å². The third-order valence-electron chi connectivity index (χ3n) is 8.46. The van der Waals surface area contributed by atoms with Crippen LogP contribution in [0.25, 0.3) is 0 Å². The lowest BCUT2D eigenvalue weighted by Gasteiger charge is -2.31. The van der Waals surface area contributed by atoms with Crippen molar-refractivity contribution in [3.8, 4) is 0 Å². The fourth-order valence-electron chi connectivity index (χ4n) is 6.51. The first-order valence-corrected chi connectivity index (χ1v) is 17.7. The summed E-state index contributed by atoms with van der Waals surface area (Å²) < 4.78 is 24.5. The highest BCUT2D eigenvalue weighted by atomic mass is 35.5. The highest BCUT2D eigenvalue weighted by Gasteiger charge is 2.66. The molecule has 3 aromatic rings. The normalized spacial score (nSPS) is 24.0. The number of aromatic nitrogens is 3. The number of fused-ring (bicyclic) bond motifs is 2. The van der Waals surface area contributed by atoms with Crippen molar-refractivity contribution in [1.82, 2.24) is 15.0 Å². The molecule has 1 aromatic heterocycles. The molecule has 1 spiro atoms. The Labute approximate surface area is 256 Å². The van der Waals surface area contributed by atoms with Crippen molar-refractivity contribution < 1.29 is 28.6 Å². The summed E-state index contributed by atoms with van der Waals surface area (Å²) in [6.45, 7) is 7.23. The Hall–Kier alpha value is -3.16. The van der Waals surface area contributed by atoms with Gasteiger partial charge in [-0.3, -0.25) is 14.3 Å². The first-order valence-electron chi connectivity index (χ1n) is 14.4. The quantitative estimate of drug-likeness (QED) is 0.226. The van der Waals surface area contributed by atoms with Crippen LogP contribution < -0.4 is 10.2 Å². The van der Waals surface area contributed by atoms with Gasteiger partial charge in [-0.15, -0.1) is 5.10 Å². The maximum atomic E-state index is 16.1. The molecule has 0 saturated carbocycles. The second-order valence-corrected chi connectivity index (χ2v) is 16.2. The number of carbonyl (C=O) groups is 2. The van der Waals surface area contributed by atoms with Gasteiger partial charge in [-0.1, -0.05) is 35.9 Å². The minimum atomic E-state index is -3.34. The molecule has 1 saturated heterocycles. The average Bonchev–Trinajstić information content (AvgIpc) is 3.58. The van der Waals surface area contributed by atoms with Crippen LogP contribution in [0.2, 0.25) is 23.7 Å². The van der Waals surface area contributed by atoms with E-state index in [4.69, 9.17) is 16.3 Å². The largest absolute Gasteiger partial charge is 0.396 e. The molecule has 1 fully saturated rings. The number of nitrogens with one attached hydrogen (secondary N) is 1. The zero-order chi connectivity index (χ0) is 31.1. The minimum absolute atomic E-state index is 0.0293. The summed E-state index contributed by atoms with van der Waals surface area (Å²) in [5.74, 6) is -1.24. The maximum Gasteiger partial charge on any atom is 0.264 e. The molecule has 43 heavy (non-hydrogen) atoms. The van der Waals surface area contributed by atoms with Gasteiger partial charge >= 0.3 is 0 Å². The number of aliphatic hydroxyl groups excluding tert-OH is 2. The molecule has 2 aliphatic rings. The Morgan fingerprint density at radius 2 is 1.98 bits per heavy atom. The molecule has 13 heteroatoms. The molecular formula is C30H37ClFN5O5Si. The second-order valence-electron chi connectivity index (χ2n) is 11.9. The number of halogens is 2. The lowest BCUT2D eigenvalue weighted by atomic mass is 9.82. The molecule has 0 unspecified atom stereocenters. The lowest BCUT2D eigenvalue weighted by molar-refractivity contribution is -0.146. The van der Waals surface area contributed by atoms with Gasteiger partial charge in [0.25, 0.3) is 11.8 Å². The smallest absolute Gasteiger partial charge is 0.264 e. The number of ether oxygens (including phenoxy) is 1. The molecular weight excluding hydrogens is 593 g/mol. The van der Waals surface area contributed by atoms with Gasteiger partial charge in [0.15, 0.2) is 5.60 Å². The van der Waals surface area contributed by atoms with Crippen LogP contribution in [-0.4, -0.2) is 64.2 Å². The summed E-state index contributed by atoms with van der Waals surface area (Å²) in [6, 6.07) is 12.3. The van der Waals surface area contributed by atoms with E-state index in [1.807, 2.05) is 6.92 Å². The Morgan fingerprint density at radius 1 is 1.26 bits per heavy atom. The van der Waals surface area contributed by atoms with Crippen molar-refractivity contribution in [3.63, 3.8) is 0 Å². The maximum absolute atomic E-state index is 16.1. The van der Waals surface area contributed by atoms with Crippen LogP contribution in [0, 0.1) is 5.92 Å². The van der Waals surface area contributed by atoms with E-state index in [1.54, 1.807) is 71.3 Å². The molecule has 3 heterocycles. The summed E-state index contributed by atoms with van der Waals surface area (Å²) in [5, 5.41) is 30.0. The first kappa shape index (κ1) is 31.3. The van der Waals surface area contributed by atoms with Crippen molar-refractivity contribution in [2.75, 3.05) is 16.8 Å². The zero-order valence-electron chi connectivity index (χ0n) is 24.6. The molecule has 2 aromatic carbocycles. The van der Waals surface area contributed by atoms with Crippen molar-refractivity contribution in [2.24, 2.45) is 5.92 Å². The number of anilines is 2. The SMILES string of the molecule is C[C@H](O)C(=O)Nc1ccc(CN2C(=O)[C@@]3(O[C@@H](CCn4cc(CCO)nn4)[C@H]([Si](C)(C)F)[C@H]3C)c3cc(Cl)ccc32)cc1. The van der Waals surface area contributed by atoms with E-state index in [0.29, 0.717) is 47.0 Å². The van der Waals surface area contributed by atoms with Gasteiger partial charge in [0.05, 0.1) is 24.0 Å². The van der Waals surface area contributed by atoms with Crippen molar-refractivity contribution in [3.05, 3.63) is 70.5 Å². The van der Waals surface area contributed by atoms with E-state index < -0.39 is 43.6 Å². The fraction of sp³-hybridized carbons (Fsp3) is 0.467. The van der Waals surface area contributed by atoms with E-state index in [0.717, 1.165) is 5.56 Å². The molecule has 3 N–H and O–H groups in total. The van der Waals surface area contributed by atoms with E-state index in [1.165, 1.54) is 6.92 Å². The van der Waals surface area contributed by atoms with E-state index >= 15 is 4.11 Å². The van der Waals surface area contributed by atoms with Crippen LogP contribution in [-0.2, 0) is 39.4 Å². The highest BCUT2D eigenvalue weighted by molar-refractivity contribution is 6.72. The number of hydrogen-bond donors (Lipinski definition) is 3. The van der Waals surface area contributed by atoms with Gasteiger partial charge in [0.1, 0.15) is 6.10 Å². The minimum Gasteiger partial charge on any atom is -0.396 e. The average molecular weight is 630 g/mol. The Kier molecular flexibility index (Phi) is 8.79. The number of aryl methyl sites for hydroxylation is 1. The molecule has 2 amide bonds. The van der Waals surface area contributed by atoms with Crippen LogP contribution in [0.4, 0.5) is 15.5 Å². The van der Waals surface area contributed by atoms with Crippen LogP contribution in [0.5, 0.6) is 0 Å². The van der Waals surface area contributed by atoms with Crippen LogP contribution >= 0.6 is 11.6 Å². The van der Waals surface area contributed by atoms with Crippen molar-refractivity contribution in [1.29, 1.82) is 0 Å². The molecule has 0 aliphatic carbocycles. The van der Waals surface area contributed by atoms with Crippen LogP contribution in [0.1, 0.15) is 37.1 Å². The number of carbonyl (C=O) groups excluding carboxylic acids is 2. The summed E-state index contributed by atoms with van der Waals surface area (Å²) in [4.78, 5) is 28.0. The van der Waals surface area contributed by atoms with Gasteiger partial charge in [-0.2, -0.15) is 0 Å². The number of benzene rings is 2. The zero-order valence-corrected chi connectivity index (χ0v) is 26.4. The number of nitrogens with zero attached hydrogens (tertiary/aromatic N) is 4. The van der Waals surface area contributed by atoms with Crippen molar-refractivity contribution in [2.45, 2.75) is 76.2 Å². The van der Waals surface area contributed by atoms with Gasteiger partial charge in [-0.05, 0) is 62.3 Å². The predicted octanol–water partition coefficient (Wildman–Crippen LogP) is 4.20. The molecule has 5 rings (SSSR count). The third-order valence-corrected chi connectivity index (χ3v) is 11.2. The van der Waals surface area contributed by atoms with Crippen molar-refractivity contribution >= 4 is 43.2 Å². The monoisotopic (exact) mass is 629 g/mol. The molecule has 0 radical (unpaired) electrons. The first-order chi connectivity index (χ1) is 20.3. The Balaban J connectivity index is 1.44. The highest BCUT2D eigenvalue weighted by Crippen LogP contribution is 2.60. The number of hydrogen-bond acceptors (Lipinski definition) is 7. The molecule has 0 bridgehead atoms. The predicted molar refractivity (Wildman–Crippen MR) is 163 cm³/mol. The van der Waals surface area contributed by atoms with E-state index in [2.05, 4.69) is 15.6 Å². The second kappa shape index (κ2) is 12.1. The topological polar surface area (TPSA) is 130 Å². The van der Waals surface area contributed by atoms with Gasteiger partial charge < -0.3 is 29.3 Å². The van der Waals surface area contributed by atoms with E-state index in [9.17, 15) is 19.8 Å². The van der Waals surface area contributed by atoms with Gasteiger partial charge in [0.2, 0.25) is 8.41 Å². The Morgan fingerprint density at radius 3 is 2.63 bits per heavy atom. The summed E-state index contributed by atoms with van der Waals surface area (Å²) >= 11 is 6.46. The summed E-state index contributed by atoms with van der Waals surface area (Å²) in [5.41, 5.74) is 1.42. The van der Waals surface area contributed by atoms with Crippen LogP contribution in [0.3, 0.4) is 0 Å². The number of amides is 2. The molecule has 10 nitrogen and oxygen atoms in total. The number of rotatable bonds is 10. The van der Waals surface area contributed by atoms with Gasteiger partial charge in [-0.25, -0.2) is 0 Å².